The Labute approximate surface area is 96.4 Å². The van der Waals surface area contributed by atoms with Crippen LogP contribution in [0.25, 0.3) is 10.9 Å². The molecule has 0 aliphatic carbocycles. The van der Waals surface area contributed by atoms with Crippen LogP contribution in [0.15, 0.2) is 18.2 Å². The van der Waals surface area contributed by atoms with Crippen LogP contribution in [0.3, 0.4) is 0 Å². The van der Waals surface area contributed by atoms with E-state index in [1.165, 1.54) is 26.2 Å². The van der Waals surface area contributed by atoms with E-state index in [9.17, 15) is 14.0 Å². The molecule has 17 heavy (non-hydrogen) atoms. The number of carbonyl (C=O) groups excluding carboxylic acids is 2. The molecule has 0 radical (unpaired) electrons. The van der Waals surface area contributed by atoms with E-state index in [4.69, 9.17) is 0 Å². The van der Waals surface area contributed by atoms with E-state index in [-0.39, 0.29) is 17.0 Å². The van der Waals surface area contributed by atoms with Gasteiger partial charge in [-0.3, -0.25) is 4.79 Å². The number of nitrogens with one attached hydrogen (secondary N) is 1. The molecule has 0 atom stereocenters. The van der Waals surface area contributed by atoms with E-state index >= 15 is 0 Å². The van der Waals surface area contributed by atoms with Crippen LogP contribution in [-0.2, 0) is 4.74 Å². The summed E-state index contributed by atoms with van der Waals surface area (Å²) < 4.78 is 17.8. The Bertz CT molecular complexity index is 615. The molecule has 0 spiro atoms. The summed E-state index contributed by atoms with van der Waals surface area (Å²) in [7, 11) is 1.25. The van der Waals surface area contributed by atoms with Gasteiger partial charge in [0.2, 0.25) is 0 Å². The molecule has 1 N–H and O–H groups in total. The lowest BCUT2D eigenvalue weighted by molar-refractivity contribution is 0.0595. The van der Waals surface area contributed by atoms with Gasteiger partial charge in [0.05, 0.1) is 7.11 Å². The van der Waals surface area contributed by atoms with Crippen LogP contribution in [0.2, 0.25) is 0 Å². The van der Waals surface area contributed by atoms with E-state index in [0.29, 0.717) is 10.9 Å². The zero-order valence-corrected chi connectivity index (χ0v) is 9.33. The molecule has 1 heterocycles. The van der Waals surface area contributed by atoms with Gasteiger partial charge in [-0.1, -0.05) is 0 Å². The van der Waals surface area contributed by atoms with Gasteiger partial charge in [0.15, 0.2) is 5.78 Å². The molecule has 88 valence electrons. The van der Waals surface area contributed by atoms with Crippen LogP contribution in [0.5, 0.6) is 0 Å². The number of fused-ring (bicyclic) bond motifs is 1. The Morgan fingerprint density at radius 1 is 1.29 bits per heavy atom. The molecule has 0 unspecified atom stereocenters. The molecular formula is C12H10FNO3. The molecule has 0 aliphatic heterocycles. The Balaban J connectivity index is 2.71. The van der Waals surface area contributed by atoms with Crippen molar-refractivity contribution in [1.82, 2.24) is 4.98 Å². The summed E-state index contributed by atoms with van der Waals surface area (Å²) in [6, 6.07) is 3.87. The van der Waals surface area contributed by atoms with Crippen LogP contribution in [-0.4, -0.2) is 23.8 Å². The van der Waals surface area contributed by atoms with E-state index in [1.54, 1.807) is 0 Å². The van der Waals surface area contributed by atoms with E-state index in [0.717, 1.165) is 6.07 Å². The molecule has 1 aromatic carbocycles. The molecule has 0 saturated heterocycles. The first-order valence-corrected chi connectivity index (χ1v) is 4.94. The Kier molecular flexibility index (Phi) is 2.67. The zero-order chi connectivity index (χ0) is 12.6. The lowest BCUT2D eigenvalue weighted by atomic mass is 10.1. The highest BCUT2D eigenvalue weighted by Gasteiger charge is 2.14. The minimum absolute atomic E-state index is 0.190. The van der Waals surface area contributed by atoms with Crippen LogP contribution >= 0.6 is 0 Å². The molecule has 0 saturated carbocycles. The van der Waals surface area contributed by atoms with Crippen molar-refractivity contribution in [3.8, 4) is 0 Å². The SMILES string of the molecule is COC(=O)c1cc2c(C(C)=O)cc(F)cc2[nH]1. The van der Waals surface area contributed by atoms with Crippen LogP contribution in [0, 0.1) is 5.82 Å². The van der Waals surface area contributed by atoms with Crippen LogP contribution in [0.4, 0.5) is 4.39 Å². The van der Waals surface area contributed by atoms with Gasteiger partial charge in [0.25, 0.3) is 0 Å². The molecule has 0 fully saturated rings. The van der Waals surface area contributed by atoms with Gasteiger partial charge in [0.1, 0.15) is 11.5 Å². The first-order valence-electron chi connectivity index (χ1n) is 4.94. The molecule has 2 aromatic rings. The van der Waals surface area contributed by atoms with E-state index in [2.05, 4.69) is 9.72 Å². The number of ether oxygens (including phenoxy) is 1. The maximum Gasteiger partial charge on any atom is 0.354 e. The zero-order valence-electron chi connectivity index (χ0n) is 9.33. The molecule has 0 bridgehead atoms. The van der Waals surface area contributed by atoms with Gasteiger partial charge < -0.3 is 9.72 Å². The minimum Gasteiger partial charge on any atom is -0.464 e. The largest absolute Gasteiger partial charge is 0.464 e. The van der Waals surface area contributed by atoms with Gasteiger partial charge in [-0.2, -0.15) is 0 Å². The van der Waals surface area contributed by atoms with Gasteiger partial charge in [-0.05, 0) is 25.1 Å². The summed E-state index contributed by atoms with van der Waals surface area (Å²) in [4.78, 5) is 25.4. The summed E-state index contributed by atoms with van der Waals surface area (Å²) >= 11 is 0. The number of H-pyrrole nitrogens is 1. The first-order chi connectivity index (χ1) is 8.02. The molecule has 1 aromatic heterocycles. The fourth-order valence-corrected chi connectivity index (χ4v) is 1.71. The summed E-state index contributed by atoms with van der Waals surface area (Å²) in [5.41, 5.74) is 0.831. The third kappa shape index (κ3) is 1.91. The topological polar surface area (TPSA) is 59.2 Å². The number of methoxy groups -OCH3 is 1. The van der Waals surface area contributed by atoms with Gasteiger partial charge in [0, 0.05) is 16.5 Å². The predicted octanol–water partition coefficient (Wildman–Crippen LogP) is 2.30. The van der Waals surface area contributed by atoms with E-state index in [1.807, 2.05) is 0 Å². The monoisotopic (exact) mass is 235 g/mol. The molecule has 4 nitrogen and oxygen atoms in total. The van der Waals surface area contributed by atoms with Crippen molar-refractivity contribution in [2.75, 3.05) is 7.11 Å². The maximum absolute atomic E-state index is 13.3. The number of hydrogen-bond acceptors (Lipinski definition) is 3. The van der Waals surface area contributed by atoms with Gasteiger partial charge >= 0.3 is 5.97 Å². The van der Waals surface area contributed by atoms with Crippen molar-refractivity contribution in [2.24, 2.45) is 0 Å². The normalized spacial score (nSPS) is 10.5. The summed E-state index contributed by atoms with van der Waals surface area (Å²) in [6.07, 6.45) is 0. The lowest BCUT2D eigenvalue weighted by Crippen LogP contribution is -2.00. The third-order valence-corrected chi connectivity index (χ3v) is 2.49. The number of benzene rings is 1. The second kappa shape index (κ2) is 4.01. The fraction of sp³-hybridized carbons (Fsp3) is 0.167. The predicted molar refractivity (Wildman–Crippen MR) is 59.6 cm³/mol. The highest BCUT2D eigenvalue weighted by atomic mass is 19.1. The summed E-state index contributed by atoms with van der Waals surface area (Å²) in [6.45, 7) is 1.35. The summed E-state index contributed by atoms with van der Waals surface area (Å²) in [5, 5.41) is 0.513. The smallest absolute Gasteiger partial charge is 0.354 e. The van der Waals surface area contributed by atoms with Crippen molar-refractivity contribution >= 4 is 22.7 Å². The molecule has 0 aliphatic rings. The number of aromatic nitrogens is 1. The average Bonchev–Trinajstić information content (AvgIpc) is 2.69. The highest BCUT2D eigenvalue weighted by Crippen LogP contribution is 2.22. The Morgan fingerprint density at radius 2 is 2.00 bits per heavy atom. The lowest BCUT2D eigenvalue weighted by Gasteiger charge is -1.98. The number of rotatable bonds is 2. The van der Waals surface area contributed by atoms with Crippen LogP contribution in [0.1, 0.15) is 27.8 Å². The number of carbonyl (C=O) groups is 2. The first kappa shape index (κ1) is 11.3. The average molecular weight is 235 g/mol. The number of esters is 1. The van der Waals surface area contributed by atoms with Crippen molar-refractivity contribution in [2.45, 2.75) is 6.92 Å². The molecule has 0 amide bonds. The molecular weight excluding hydrogens is 225 g/mol. The van der Waals surface area contributed by atoms with Crippen molar-refractivity contribution in [3.63, 3.8) is 0 Å². The number of Topliss-reactive ketones (excluding diaryl/α,β-unsaturated/α-hetero) is 1. The van der Waals surface area contributed by atoms with Crippen LogP contribution < -0.4 is 0 Å². The third-order valence-electron chi connectivity index (χ3n) is 2.49. The molecule has 2 rings (SSSR count). The highest BCUT2D eigenvalue weighted by molar-refractivity contribution is 6.08. The number of halogens is 1. The number of aromatic amines is 1. The maximum atomic E-state index is 13.3. The second-order valence-corrected chi connectivity index (χ2v) is 3.65. The van der Waals surface area contributed by atoms with Gasteiger partial charge in [-0.15, -0.1) is 0 Å². The fourth-order valence-electron chi connectivity index (χ4n) is 1.71. The van der Waals surface area contributed by atoms with Crippen molar-refractivity contribution in [1.29, 1.82) is 0 Å². The standard InChI is InChI=1S/C12H10FNO3/c1-6(15)8-3-7(13)4-10-9(8)5-11(14-10)12(16)17-2/h3-5,14H,1-2H3. The number of ketones is 1. The number of hydrogen-bond donors (Lipinski definition) is 1. The molecule has 5 heteroatoms. The van der Waals surface area contributed by atoms with Gasteiger partial charge in [-0.25, -0.2) is 9.18 Å². The second-order valence-electron chi connectivity index (χ2n) is 3.65. The summed E-state index contributed by atoms with van der Waals surface area (Å²) in [5.74, 6) is -1.35. The van der Waals surface area contributed by atoms with Crippen molar-refractivity contribution in [3.05, 3.63) is 35.3 Å². The quantitative estimate of drug-likeness (QED) is 0.641. The Morgan fingerprint density at radius 3 is 2.59 bits per heavy atom. The van der Waals surface area contributed by atoms with E-state index < -0.39 is 11.8 Å². The van der Waals surface area contributed by atoms with Crippen molar-refractivity contribution < 1.29 is 18.7 Å². The minimum atomic E-state index is -0.559. The Hall–Kier alpha value is -2.17.